The molecule has 1 unspecified atom stereocenters. The summed E-state index contributed by atoms with van der Waals surface area (Å²) in [5, 5.41) is 3.52. The van der Waals surface area contributed by atoms with E-state index < -0.39 is 11.5 Å². The van der Waals surface area contributed by atoms with E-state index in [-0.39, 0.29) is 5.91 Å². The van der Waals surface area contributed by atoms with E-state index in [0.29, 0.717) is 5.56 Å². The molecule has 0 aliphatic carbocycles. The summed E-state index contributed by atoms with van der Waals surface area (Å²) in [4.78, 5) is 26.7. The molecule has 6 heteroatoms. The van der Waals surface area contributed by atoms with Crippen LogP contribution in [0, 0.1) is 0 Å². The minimum Gasteiger partial charge on any atom is -0.467 e. The number of H-pyrrole nitrogens is 1. The molecule has 0 spiro atoms. The lowest BCUT2D eigenvalue weighted by atomic mass is 9.91. The summed E-state index contributed by atoms with van der Waals surface area (Å²) in [6.07, 6.45) is 1.71. The molecule has 106 valence electrons. The molecule has 5 nitrogen and oxygen atoms in total. The largest absolute Gasteiger partial charge is 0.467 e. The van der Waals surface area contributed by atoms with Crippen LogP contribution in [-0.2, 0) is 19.9 Å². The molecule has 0 radical (unpaired) electrons. The molecule has 0 saturated heterocycles. The highest BCUT2D eigenvalue weighted by Gasteiger charge is 2.39. The number of hydrogen-bond acceptors (Lipinski definition) is 3. The van der Waals surface area contributed by atoms with Gasteiger partial charge in [0.1, 0.15) is 0 Å². The lowest BCUT2D eigenvalue weighted by Crippen LogP contribution is -2.49. The monoisotopic (exact) mass is 338 g/mol. The highest BCUT2D eigenvalue weighted by molar-refractivity contribution is 9.10. The number of hydrogen-bond donors (Lipinski definition) is 2. The van der Waals surface area contributed by atoms with Crippen LogP contribution in [0.15, 0.2) is 28.9 Å². The Kier molecular flexibility index (Phi) is 3.85. The van der Waals surface area contributed by atoms with Gasteiger partial charge >= 0.3 is 5.97 Å². The summed E-state index contributed by atoms with van der Waals surface area (Å²) >= 11 is 3.41. The molecule has 0 bridgehead atoms. The molecule has 2 rings (SSSR count). The summed E-state index contributed by atoms with van der Waals surface area (Å²) < 4.78 is 5.73. The maximum absolute atomic E-state index is 12.1. The normalized spacial score (nSPS) is 13.8. The number of esters is 1. The number of aromatic amines is 1. The number of fused-ring (bicyclic) bond motifs is 1. The third-order valence-electron chi connectivity index (χ3n) is 3.20. The summed E-state index contributed by atoms with van der Waals surface area (Å²) in [6.45, 7) is 3.00. The first-order chi connectivity index (χ1) is 9.38. The van der Waals surface area contributed by atoms with Crippen LogP contribution in [0.3, 0.4) is 0 Å². The Morgan fingerprint density at radius 2 is 2.10 bits per heavy atom. The Morgan fingerprint density at radius 3 is 2.70 bits per heavy atom. The van der Waals surface area contributed by atoms with Crippen molar-refractivity contribution in [3.8, 4) is 0 Å². The van der Waals surface area contributed by atoms with Crippen molar-refractivity contribution < 1.29 is 14.3 Å². The van der Waals surface area contributed by atoms with E-state index in [0.717, 1.165) is 15.4 Å². The number of nitrogens with one attached hydrogen (secondary N) is 2. The Bertz CT molecular complexity index is 680. The van der Waals surface area contributed by atoms with Crippen molar-refractivity contribution in [3.63, 3.8) is 0 Å². The maximum atomic E-state index is 12.1. The molecule has 2 aromatic rings. The van der Waals surface area contributed by atoms with Gasteiger partial charge in [-0.05, 0) is 25.1 Å². The fourth-order valence-corrected chi connectivity index (χ4v) is 2.65. The van der Waals surface area contributed by atoms with Gasteiger partial charge in [-0.3, -0.25) is 4.79 Å². The molecule has 0 saturated carbocycles. The summed E-state index contributed by atoms with van der Waals surface area (Å²) in [7, 11) is 1.30. The van der Waals surface area contributed by atoms with E-state index in [9.17, 15) is 9.59 Å². The number of aromatic nitrogens is 1. The van der Waals surface area contributed by atoms with Crippen LogP contribution in [0.25, 0.3) is 10.9 Å². The molecule has 1 heterocycles. The third-order valence-corrected chi connectivity index (χ3v) is 3.70. The summed E-state index contributed by atoms with van der Waals surface area (Å²) in [5.74, 6) is -0.823. The molecule has 2 N–H and O–H groups in total. The summed E-state index contributed by atoms with van der Waals surface area (Å²) in [6, 6.07) is 5.69. The number of methoxy groups -OCH3 is 1. The molecular weight excluding hydrogens is 324 g/mol. The smallest absolute Gasteiger partial charge is 0.336 e. The molecule has 1 amide bonds. The first-order valence-corrected chi connectivity index (χ1v) is 6.82. The minimum atomic E-state index is -1.24. The number of carbonyl (C=O) groups excluding carboxylic acids is 2. The lowest BCUT2D eigenvalue weighted by molar-refractivity contribution is -0.150. The zero-order chi connectivity index (χ0) is 14.9. The predicted molar refractivity (Wildman–Crippen MR) is 79.2 cm³/mol. The highest BCUT2D eigenvalue weighted by Crippen LogP contribution is 2.31. The van der Waals surface area contributed by atoms with E-state index in [1.54, 1.807) is 13.1 Å². The number of halogens is 1. The van der Waals surface area contributed by atoms with Gasteiger partial charge in [-0.1, -0.05) is 15.9 Å². The number of ether oxygens (including phenoxy) is 1. The maximum Gasteiger partial charge on any atom is 0.336 e. The second-order valence-corrected chi connectivity index (χ2v) is 5.61. The van der Waals surface area contributed by atoms with Crippen molar-refractivity contribution in [2.45, 2.75) is 19.4 Å². The first-order valence-electron chi connectivity index (χ1n) is 6.02. The van der Waals surface area contributed by atoms with Crippen molar-refractivity contribution in [2.24, 2.45) is 0 Å². The van der Waals surface area contributed by atoms with E-state index in [2.05, 4.69) is 26.2 Å². The molecule has 1 aromatic heterocycles. The quantitative estimate of drug-likeness (QED) is 0.844. The standard InChI is InChI=1S/C14H15BrN2O3/c1-8(18)17-14(2,13(19)20-3)11-7-16-12-5-4-9(15)6-10(11)12/h4-7,16H,1-3H3,(H,17,18). The topological polar surface area (TPSA) is 71.2 Å². The molecule has 20 heavy (non-hydrogen) atoms. The molecule has 1 aromatic carbocycles. The lowest BCUT2D eigenvalue weighted by Gasteiger charge is -2.27. The van der Waals surface area contributed by atoms with Crippen LogP contribution in [-0.4, -0.2) is 24.0 Å². The molecule has 0 fully saturated rings. The van der Waals surface area contributed by atoms with Gasteiger partial charge in [0.15, 0.2) is 5.54 Å². The first kappa shape index (κ1) is 14.6. The SMILES string of the molecule is COC(=O)C(C)(NC(C)=O)c1c[nH]c2ccc(Br)cc12. The molecule has 0 aliphatic heterocycles. The van der Waals surface area contributed by atoms with Gasteiger partial charge in [0, 0.05) is 34.1 Å². The number of carbonyl (C=O) groups is 2. The van der Waals surface area contributed by atoms with Crippen LogP contribution >= 0.6 is 15.9 Å². The Labute approximate surface area is 124 Å². The average molecular weight is 339 g/mol. The zero-order valence-corrected chi connectivity index (χ0v) is 13.0. The van der Waals surface area contributed by atoms with Crippen molar-refractivity contribution in [1.82, 2.24) is 10.3 Å². The van der Waals surface area contributed by atoms with Gasteiger partial charge in [0.05, 0.1) is 7.11 Å². The van der Waals surface area contributed by atoms with E-state index >= 15 is 0 Å². The average Bonchev–Trinajstić information content (AvgIpc) is 2.80. The van der Waals surface area contributed by atoms with Crippen LogP contribution in [0.1, 0.15) is 19.4 Å². The second kappa shape index (κ2) is 5.28. The van der Waals surface area contributed by atoms with Crippen molar-refractivity contribution >= 4 is 38.7 Å². The fourth-order valence-electron chi connectivity index (χ4n) is 2.29. The van der Waals surface area contributed by atoms with E-state index in [1.165, 1.54) is 14.0 Å². The number of rotatable bonds is 3. The van der Waals surface area contributed by atoms with Crippen LogP contribution in [0.2, 0.25) is 0 Å². The molecular formula is C14H15BrN2O3. The van der Waals surface area contributed by atoms with E-state index in [4.69, 9.17) is 4.74 Å². The van der Waals surface area contributed by atoms with Crippen molar-refractivity contribution in [1.29, 1.82) is 0 Å². The Balaban J connectivity index is 2.65. The predicted octanol–water partition coefficient (Wildman–Crippen LogP) is 2.45. The molecule has 0 aliphatic rings. The van der Waals surface area contributed by atoms with Gasteiger partial charge in [0.2, 0.25) is 5.91 Å². The van der Waals surface area contributed by atoms with Crippen LogP contribution < -0.4 is 5.32 Å². The van der Waals surface area contributed by atoms with Gasteiger partial charge in [-0.25, -0.2) is 4.79 Å². The number of amides is 1. The highest BCUT2D eigenvalue weighted by atomic mass is 79.9. The van der Waals surface area contributed by atoms with Gasteiger partial charge in [-0.15, -0.1) is 0 Å². The fraction of sp³-hybridized carbons (Fsp3) is 0.286. The van der Waals surface area contributed by atoms with Gasteiger partial charge < -0.3 is 15.0 Å². The summed E-state index contributed by atoms with van der Waals surface area (Å²) in [5.41, 5.74) is 0.305. The molecule has 1 atom stereocenters. The minimum absolute atomic E-state index is 0.303. The Hall–Kier alpha value is -1.82. The van der Waals surface area contributed by atoms with Crippen LogP contribution in [0.4, 0.5) is 0 Å². The van der Waals surface area contributed by atoms with Crippen molar-refractivity contribution in [2.75, 3.05) is 7.11 Å². The zero-order valence-electron chi connectivity index (χ0n) is 11.4. The Morgan fingerprint density at radius 1 is 1.40 bits per heavy atom. The van der Waals surface area contributed by atoms with Crippen molar-refractivity contribution in [3.05, 3.63) is 34.4 Å². The third kappa shape index (κ3) is 2.43. The van der Waals surface area contributed by atoms with E-state index in [1.807, 2.05) is 18.2 Å². The van der Waals surface area contributed by atoms with Gasteiger partial charge in [0.25, 0.3) is 0 Å². The van der Waals surface area contributed by atoms with Gasteiger partial charge in [-0.2, -0.15) is 0 Å². The second-order valence-electron chi connectivity index (χ2n) is 4.69. The van der Waals surface area contributed by atoms with Crippen LogP contribution in [0.5, 0.6) is 0 Å². The number of benzene rings is 1.